The summed E-state index contributed by atoms with van der Waals surface area (Å²) in [6, 6.07) is 9.35. The van der Waals surface area contributed by atoms with Crippen LogP contribution in [0.25, 0.3) is 21.8 Å². The van der Waals surface area contributed by atoms with Crippen molar-refractivity contribution in [1.82, 2.24) is 39.7 Å². The van der Waals surface area contributed by atoms with Crippen LogP contribution in [0.4, 0.5) is 20.2 Å². The van der Waals surface area contributed by atoms with Crippen molar-refractivity contribution >= 4 is 79.8 Å². The number of rotatable bonds is 7. The predicted molar refractivity (Wildman–Crippen MR) is 232 cm³/mol. The number of hydrogen-bond donors (Lipinski definition) is 1. The lowest BCUT2D eigenvalue weighted by Crippen LogP contribution is -2.55. The Kier molecular flexibility index (Phi) is 15.7. The molecule has 0 unspecified atom stereocenters. The first kappa shape index (κ1) is 45.6. The smallest absolute Gasteiger partial charge is 0.244 e. The minimum atomic E-state index is -0.404. The van der Waals surface area contributed by atoms with E-state index in [1.165, 1.54) is 26.4 Å². The Labute approximate surface area is 361 Å². The summed E-state index contributed by atoms with van der Waals surface area (Å²) in [5.41, 5.74) is 2.66. The minimum absolute atomic E-state index is 0. The van der Waals surface area contributed by atoms with Crippen LogP contribution in [-0.2, 0) is 16.1 Å². The number of carbonyl (C=O) groups excluding carboxylic acids is 2. The number of aromatic amines is 1. The van der Waals surface area contributed by atoms with Crippen LogP contribution in [0, 0.1) is 11.6 Å². The second kappa shape index (κ2) is 20.7. The van der Waals surface area contributed by atoms with Crippen molar-refractivity contribution in [3.05, 3.63) is 95.3 Å². The van der Waals surface area contributed by atoms with Crippen LogP contribution in [-0.4, -0.2) is 123 Å². The number of pyridine rings is 2. The number of benzene rings is 2. The first-order valence-corrected chi connectivity index (χ1v) is 19.9. The number of anilines is 2. The summed E-state index contributed by atoms with van der Waals surface area (Å²) >= 11 is 17.5. The first-order valence-electron chi connectivity index (χ1n) is 18.6. The maximum atomic E-state index is 14.5. The number of ether oxygens (including phenoxy) is 2. The third-order valence-electron chi connectivity index (χ3n) is 10.1. The molecule has 2 amide bonds. The number of alkyl halides is 1. The number of amides is 2. The van der Waals surface area contributed by atoms with Gasteiger partial charge in [-0.05, 0) is 38.1 Å². The van der Waals surface area contributed by atoms with Crippen molar-refractivity contribution < 1.29 is 27.8 Å². The zero-order chi connectivity index (χ0) is 42.2. The second-order valence-electron chi connectivity index (χ2n) is 13.8. The molecular weight excluding hydrogens is 841 g/mol. The van der Waals surface area contributed by atoms with Gasteiger partial charge in [-0.15, -0.1) is 11.6 Å². The Hall–Kier alpha value is -5.45. The number of piperazine rings is 2. The van der Waals surface area contributed by atoms with E-state index in [2.05, 4.69) is 25.3 Å². The van der Waals surface area contributed by atoms with Crippen molar-refractivity contribution in [1.29, 1.82) is 0 Å². The monoisotopic (exact) mass is 886 g/mol. The molecule has 6 heterocycles. The fourth-order valence-corrected chi connectivity index (χ4v) is 7.66. The minimum Gasteiger partial charge on any atom is -0.495 e. The van der Waals surface area contributed by atoms with Gasteiger partial charge in [-0.1, -0.05) is 30.6 Å². The van der Waals surface area contributed by atoms with Gasteiger partial charge in [0.1, 0.15) is 35.6 Å². The van der Waals surface area contributed by atoms with Gasteiger partial charge in [0.2, 0.25) is 11.8 Å². The average molecular weight is 888 g/mol. The van der Waals surface area contributed by atoms with Gasteiger partial charge < -0.3 is 29.1 Å². The molecule has 4 aromatic heterocycles. The van der Waals surface area contributed by atoms with Crippen LogP contribution in [0.3, 0.4) is 0 Å². The van der Waals surface area contributed by atoms with Crippen molar-refractivity contribution in [3.8, 4) is 11.5 Å². The molecule has 2 fully saturated rings. The quantitative estimate of drug-likeness (QED) is 0.162. The molecule has 19 heteroatoms. The number of methoxy groups -OCH3 is 2. The highest BCUT2D eigenvalue weighted by molar-refractivity contribution is 6.32. The van der Waals surface area contributed by atoms with E-state index in [0.717, 1.165) is 21.8 Å². The molecule has 14 nitrogen and oxygen atoms in total. The summed E-state index contributed by atoms with van der Waals surface area (Å²) in [4.78, 5) is 39.9. The Balaban J connectivity index is 0.000000191. The normalized spacial score (nSPS) is 16.4. The van der Waals surface area contributed by atoms with Crippen LogP contribution in [0.2, 0.25) is 10.0 Å². The van der Waals surface area contributed by atoms with Crippen molar-refractivity contribution in [3.63, 3.8) is 0 Å². The summed E-state index contributed by atoms with van der Waals surface area (Å²) in [6.07, 6.45) is 10.4. The lowest BCUT2D eigenvalue weighted by atomic mass is 10.1. The summed E-state index contributed by atoms with van der Waals surface area (Å²) in [5.74, 6) is -0.108. The second-order valence-corrected chi connectivity index (χ2v) is 14.9. The summed E-state index contributed by atoms with van der Waals surface area (Å²) < 4.78 is 40.6. The molecule has 320 valence electrons. The van der Waals surface area contributed by atoms with E-state index in [1.54, 1.807) is 58.9 Å². The van der Waals surface area contributed by atoms with Crippen LogP contribution < -0.4 is 19.3 Å². The van der Waals surface area contributed by atoms with Crippen molar-refractivity contribution in [2.75, 3.05) is 69.2 Å². The lowest BCUT2D eigenvalue weighted by Gasteiger charge is -2.41. The van der Waals surface area contributed by atoms with Gasteiger partial charge in [0.15, 0.2) is 0 Å². The number of carbonyl (C=O) groups is 2. The highest BCUT2D eigenvalue weighted by Gasteiger charge is 2.31. The van der Waals surface area contributed by atoms with Gasteiger partial charge in [-0.3, -0.25) is 29.3 Å². The van der Waals surface area contributed by atoms with Gasteiger partial charge in [0, 0.05) is 86.7 Å². The Bertz CT molecular complexity index is 2370. The lowest BCUT2D eigenvalue weighted by molar-refractivity contribution is -0.134. The van der Waals surface area contributed by atoms with Gasteiger partial charge in [0.05, 0.1) is 71.5 Å². The molecule has 2 saturated heterocycles. The van der Waals surface area contributed by atoms with E-state index in [-0.39, 0.29) is 53.8 Å². The van der Waals surface area contributed by atoms with E-state index < -0.39 is 11.6 Å². The highest BCUT2D eigenvalue weighted by atomic mass is 35.5. The molecule has 0 saturated carbocycles. The highest BCUT2D eigenvalue weighted by Crippen LogP contribution is 2.34. The number of nitrogens with zero attached hydrogens (tertiary/aromatic N) is 9. The summed E-state index contributed by atoms with van der Waals surface area (Å²) in [6.45, 7) is 7.11. The molecule has 1 N–H and O–H groups in total. The number of aromatic nitrogens is 6. The van der Waals surface area contributed by atoms with E-state index in [4.69, 9.17) is 44.3 Å². The zero-order valence-corrected chi connectivity index (χ0v) is 35.1. The fourth-order valence-electron chi connectivity index (χ4n) is 7.05. The summed E-state index contributed by atoms with van der Waals surface area (Å²) in [5, 5.41) is 13.5. The number of halogens is 5. The molecule has 2 aliphatic heterocycles. The van der Waals surface area contributed by atoms with Crippen LogP contribution >= 0.6 is 34.8 Å². The number of hydrogen-bond acceptors (Lipinski definition) is 10. The Morgan fingerprint density at radius 2 is 1.30 bits per heavy atom. The molecule has 0 bridgehead atoms. The maximum absolute atomic E-state index is 14.5. The zero-order valence-electron chi connectivity index (χ0n) is 32.8. The van der Waals surface area contributed by atoms with Crippen LogP contribution in [0.1, 0.15) is 21.3 Å². The Morgan fingerprint density at radius 3 is 1.82 bits per heavy atom. The van der Waals surface area contributed by atoms with Crippen LogP contribution in [0.15, 0.2) is 73.6 Å². The standard InChI is InChI=1S/C20H21ClFN5O2.C14H17Cl2FN2O2.C6H5N3.CH4/c1-13-11-25(17-8-19(29-2)15(21)7-16(17)22)5-6-26(13)20(28)12-27-18-10-23-4-3-14(18)9-24-27;1-9-8-18(3-4-19(9)14(20)7-15)12-6-13(21-2)10(16)5-11(12)17;1-2-7-4-6-5(1)3-8-9-6;/h3-4,7-10,13H,5-6,11-12H2,1-2H3;5-6,9H,3-4,7-8H2,1-2H3;1-4H,(H,8,9);1H4/t13-;9-;;/m00../s1. The molecule has 6 aromatic rings. The maximum Gasteiger partial charge on any atom is 0.244 e. The topological polar surface area (TPSA) is 138 Å². The van der Waals surface area contributed by atoms with E-state index in [1.807, 2.05) is 40.7 Å². The molecule has 2 aromatic carbocycles. The third-order valence-corrected chi connectivity index (χ3v) is 10.9. The molecule has 8 rings (SSSR count). The van der Waals surface area contributed by atoms with E-state index >= 15 is 0 Å². The third kappa shape index (κ3) is 10.5. The van der Waals surface area contributed by atoms with Gasteiger partial charge in [-0.2, -0.15) is 10.2 Å². The molecular formula is C41H47Cl3F2N10O4. The van der Waals surface area contributed by atoms with Crippen molar-refractivity contribution in [2.45, 2.75) is 39.9 Å². The number of H-pyrrole nitrogens is 1. The van der Waals surface area contributed by atoms with Crippen molar-refractivity contribution in [2.24, 2.45) is 0 Å². The SMILES string of the molecule is C.COc1cc(N2CCN(C(=O)CCl)[C@@H](C)C2)c(F)cc1Cl.COc1cc(N2CCN(C(=O)Cn3ncc4ccncc43)[C@@H](C)C2)c(F)cc1Cl.c1cc2cn[nH]c2cn1. The number of fused-ring (bicyclic) bond motifs is 2. The molecule has 0 spiro atoms. The molecule has 0 radical (unpaired) electrons. The van der Waals surface area contributed by atoms with Gasteiger partial charge in [-0.25, -0.2) is 8.78 Å². The number of nitrogens with one attached hydrogen (secondary N) is 1. The molecule has 60 heavy (non-hydrogen) atoms. The van der Waals surface area contributed by atoms with E-state index in [9.17, 15) is 18.4 Å². The first-order chi connectivity index (χ1) is 28.4. The molecule has 2 aliphatic rings. The van der Waals surface area contributed by atoms with Crippen LogP contribution in [0.5, 0.6) is 11.5 Å². The largest absolute Gasteiger partial charge is 0.495 e. The average Bonchev–Trinajstić information content (AvgIpc) is 3.88. The predicted octanol–water partition coefficient (Wildman–Crippen LogP) is 7.33. The summed E-state index contributed by atoms with van der Waals surface area (Å²) in [7, 11) is 2.99. The van der Waals surface area contributed by atoms with Gasteiger partial charge in [0.25, 0.3) is 0 Å². The molecule has 0 aliphatic carbocycles. The van der Waals surface area contributed by atoms with E-state index in [0.29, 0.717) is 62.1 Å². The Morgan fingerprint density at radius 1 is 0.767 bits per heavy atom. The fraction of sp³-hybridized carbons (Fsp3) is 0.366. The van der Waals surface area contributed by atoms with Gasteiger partial charge >= 0.3 is 0 Å². The molecule has 2 atom stereocenters.